The largest absolute Gasteiger partial charge is 0.389 e. The highest BCUT2D eigenvalue weighted by atomic mass is 35.5. The van der Waals surface area contributed by atoms with Gasteiger partial charge in [0.15, 0.2) is 0 Å². The van der Waals surface area contributed by atoms with Crippen LogP contribution in [0.25, 0.3) is 0 Å². The quantitative estimate of drug-likeness (QED) is 0.678. The summed E-state index contributed by atoms with van der Waals surface area (Å²) in [6.45, 7) is 3.29. The number of anilines is 1. The summed E-state index contributed by atoms with van der Waals surface area (Å²) in [5.41, 5.74) is -1.26. The standard InChI is InChI=1S/C11H14ClFN2O3/c1-11(2,16)6-14(3)9-4-7(12)8(13)5-10(9)15(17)18/h4-5,16H,6H2,1-3H3. The van der Waals surface area contributed by atoms with E-state index in [1.165, 1.54) is 11.0 Å². The monoisotopic (exact) mass is 276 g/mol. The predicted octanol–water partition coefficient (Wildman–Crippen LogP) is 2.59. The van der Waals surface area contributed by atoms with E-state index in [0.29, 0.717) is 0 Å². The average molecular weight is 277 g/mol. The summed E-state index contributed by atoms with van der Waals surface area (Å²) in [6.07, 6.45) is 0. The minimum atomic E-state index is -1.04. The minimum Gasteiger partial charge on any atom is -0.389 e. The van der Waals surface area contributed by atoms with E-state index in [1.807, 2.05) is 0 Å². The Kier molecular flexibility index (Phi) is 4.13. The third kappa shape index (κ3) is 3.54. The number of nitro benzene ring substituents is 1. The van der Waals surface area contributed by atoms with Gasteiger partial charge in [-0.2, -0.15) is 0 Å². The van der Waals surface area contributed by atoms with Crippen LogP contribution in [-0.2, 0) is 0 Å². The number of hydrogen-bond donors (Lipinski definition) is 1. The molecule has 100 valence electrons. The van der Waals surface area contributed by atoms with Gasteiger partial charge in [0, 0.05) is 13.6 Å². The Morgan fingerprint density at radius 1 is 1.56 bits per heavy atom. The molecule has 0 spiro atoms. The van der Waals surface area contributed by atoms with Gasteiger partial charge < -0.3 is 10.0 Å². The van der Waals surface area contributed by atoms with Crippen LogP contribution in [0.4, 0.5) is 15.8 Å². The molecule has 1 aromatic carbocycles. The molecule has 0 aliphatic rings. The summed E-state index contributed by atoms with van der Waals surface area (Å²) in [5, 5.41) is 20.4. The molecule has 0 amide bonds. The molecule has 0 radical (unpaired) electrons. The fourth-order valence-corrected chi connectivity index (χ4v) is 1.80. The highest BCUT2D eigenvalue weighted by Gasteiger charge is 2.24. The lowest BCUT2D eigenvalue weighted by Crippen LogP contribution is -2.36. The Morgan fingerprint density at radius 2 is 2.11 bits per heavy atom. The Labute approximate surface area is 109 Å². The topological polar surface area (TPSA) is 66.6 Å². The molecule has 0 unspecified atom stereocenters. The summed E-state index contributed by atoms with van der Waals surface area (Å²) >= 11 is 5.62. The molecule has 0 atom stereocenters. The van der Waals surface area contributed by atoms with Crippen LogP contribution in [0.1, 0.15) is 13.8 Å². The molecule has 1 rings (SSSR count). The van der Waals surface area contributed by atoms with Gasteiger partial charge in [-0.3, -0.25) is 10.1 Å². The fraction of sp³-hybridized carbons (Fsp3) is 0.455. The summed E-state index contributed by atoms with van der Waals surface area (Å²) in [6, 6.07) is 1.96. The number of hydrogen-bond acceptors (Lipinski definition) is 4. The van der Waals surface area contributed by atoms with Crippen LogP contribution in [0.15, 0.2) is 12.1 Å². The van der Waals surface area contributed by atoms with Crippen molar-refractivity contribution in [3.05, 3.63) is 33.1 Å². The molecular formula is C11H14ClFN2O3. The first-order valence-corrected chi connectivity index (χ1v) is 5.56. The summed E-state index contributed by atoms with van der Waals surface area (Å²) in [5.74, 6) is -0.844. The van der Waals surface area contributed by atoms with Gasteiger partial charge in [0.25, 0.3) is 5.69 Å². The van der Waals surface area contributed by atoms with Crippen molar-refractivity contribution in [2.75, 3.05) is 18.5 Å². The third-order valence-electron chi connectivity index (χ3n) is 2.25. The molecule has 0 aromatic heterocycles. The van der Waals surface area contributed by atoms with Gasteiger partial charge in [0.1, 0.15) is 11.5 Å². The van der Waals surface area contributed by atoms with E-state index in [9.17, 15) is 19.6 Å². The zero-order valence-corrected chi connectivity index (χ0v) is 11.0. The molecule has 0 saturated heterocycles. The predicted molar refractivity (Wildman–Crippen MR) is 67.6 cm³/mol. The zero-order valence-electron chi connectivity index (χ0n) is 10.3. The van der Waals surface area contributed by atoms with Gasteiger partial charge in [-0.25, -0.2) is 4.39 Å². The van der Waals surface area contributed by atoms with E-state index in [4.69, 9.17) is 11.6 Å². The Bertz CT molecular complexity index is 474. The Hall–Kier alpha value is -1.40. The Balaban J connectivity index is 3.22. The van der Waals surface area contributed by atoms with Crippen LogP contribution >= 0.6 is 11.6 Å². The lowest BCUT2D eigenvalue weighted by molar-refractivity contribution is -0.384. The van der Waals surface area contributed by atoms with Gasteiger partial charge in [-0.1, -0.05) is 11.6 Å². The van der Waals surface area contributed by atoms with E-state index >= 15 is 0 Å². The summed E-state index contributed by atoms with van der Waals surface area (Å²) in [4.78, 5) is 11.6. The van der Waals surface area contributed by atoms with Gasteiger partial charge in [-0.15, -0.1) is 0 Å². The third-order valence-corrected chi connectivity index (χ3v) is 2.54. The maximum atomic E-state index is 13.2. The molecule has 0 aliphatic heterocycles. The van der Waals surface area contributed by atoms with Crippen molar-refractivity contribution in [2.24, 2.45) is 0 Å². The second kappa shape index (κ2) is 5.07. The van der Waals surface area contributed by atoms with E-state index in [1.54, 1.807) is 20.9 Å². The number of likely N-dealkylation sites (N-methyl/N-ethyl adjacent to an activating group) is 1. The minimum absolute atomic E-state index is 0.149. The average Bonchev–Trinajstić information content (AvgIpc) is 2.18. The van der Waals surface area contributed by atoms with Crippen molar-refractivity contribution in [3.63, 3.8) is 0 Å². The van der Waals surface area contributed by atoms with Crippen LogP contribution in [0.3, 0.4) is 0 Å². The van der Waals surface area contributed by atoms with Crippen LogP contribution < -0.4 is 4.90 Å². The number of rotatable bonds is 4. The molecule has 18 heavy (non-hydrogen) atoms. The summed E-state index contributed by atoms with van der Waals surface area (Å²) < 4.78 is 13.2. The van der Waals surface area contributed by atoms with Gasteiger partial charge in [-0.05, 0) is 19.9 Å². The van der Waals surface area contributed by atoms with Crippen LogP contribution in [0, 0.1) is 15.9 Å². The molecule has 0 aliphatic carbocycles. The molecule has 5 nitrogen and oxygen atoms in total. The number of halogens is 2. The second-order valence-corrected chi connectivity index (χ2v) is 5.09. The van der Waals surface area contributed by atoms with E-state index < -0.39 is 16.3 Å². The smallest absolute Gasteiger partial charge is 0.295 e. The molecule has 1 N–H and O–H groups in total. The second-order valence-electron chi connectivity index (χ2n) is 4.68. The van der Waals surface area contributed by atoms with Crippen molar-refractivity contribution >= 4 is 23.0 Å². The molecule has 0 saturated carbocycles. The summed E-state index contributed by atoms with van der Waals surface area (Å²) in [7, 11) is 1.56. The first kappa shape index (κ1) is 14.7. The SMILES string of the molecule is CN(CC(C)(C)O)c1cc(Cl)c(F)cc1[N+](=O)[O-]. The van der Waals surface area contributed by atoms with Crippen LogP contribution in [0.5, 0.6) is 0 Å². The maximum Gasteiger partial charge on any atom is 0.295 e. The van der Waals surface area contributed by atoms with Gasteiger partial charge in [0.05, 0.1) is 21.6 Å². The van der Waals surface area contributed by atoms with Crippen molar-refractivity contribution < 1.29 is 14.4 Å². The highest BCUT2D eigenvalue weighted by Crippen LogP contribution is 2.33. The van der Waals surface area contributed by atoms with Crippen LogP contribution in [-0.4, -0.2) is 29.2 Å². The lowest BCUT2D eigenvalue weighted by atomic mass is 10.1. The lowest BCUT2D eigenvalue weighted by Gasteiger charge is -2.27. The molecule has 0 heterocycles. The van der Waals surface area contributed by atoms with E-state index in [2.05, 4.69) is 0 Å². The molecule has 1 aromatic rings. The zero-order chi connectivity index (χ0) is 14.1. The number of aliphatic hydroxyl groups is 1. The molecular weight excluding hydrogens is 263 g/mol. The molecule has 0 bridgehead atoms. The Morgan fingerprint density at radius 3 is 2.56 bits per heavy atom. The fourth-order valence-electron chi connectivity index (χ4n) is 1.64. The molecule has 7 heteroatoms. The van der Waals surface area contributed by atoms with Gasteiger partial charge >= 0.3 is 0 Å². The van der Waals surface area contributed by atoms with Crippen molar-refractivity contribution in [3.8, 4) is 0 Å². The van der Waals surface area contributed by atoms with E-state index in [0.717, 1.165) is 6.07 Å². The van der Waals surface area contributed by atoms with Crippen LogP contribution in [0.2, 0.25) is 5.02 Å². The number of nitro groups is 1. The number of benzene rings is 1. The van der Waals surface area contributed by atoms with E-state index in [-0.39, 0.29) is 22.9 Å². The number of nitrogens with zero attached hydrogens (tertiary/aromatic N) is 2. The highest BCUT2D eigenvalue weighted by molar-refractivity contribution is 6.31. The van der Waals surface area contributed by atoms with Crippen molar-refractivity contribution in [2.45, 2.75) is 19.4 Å². The first-order valence-electron chi connectivity index (χ1n) is 5.19. The maximum absolute atomic E-state index is 13.2. The molecule has 0 fully saturated rings. The normalized spacial score (nSPS) is 11.4. The first-order chi connectivity index (χ1) is 8.11. The van der Waals surface area contributed by atoms with Gasteiger partial charge in [0.2, 0.25) is 0 Å². The van der Waals surface area contributed by atoms with Crippen molar-refractivity contribution in [1.82, 2.24) is 0 Å². The van der Waals surface area contributed by atoms with Crippen molar-refractivity contribution in [1.29, 1.82) is 0 Å².